The van der Waals surface area contributed by atoms with E-state index in [1.54, 1.807) is 0 Å². The molecule has 2 atom stereocenters. The van der Waals surface area contributed by atoms with Crippen LogP contribution in [0.4, 0.5) is 0 Å². The van der Waals surface area contributed by atoms with E-state index in [0.29, 0.717) is 5.92 Å². The molecule has 0 radical (unpaired) electrons. The Balaban J connectivity index is 1.83. The van der Waals surface area contributed by atoms with Gasteiger partial charge >= 0.3 is 0 Å². The van der Waals surface area contributed by atoms with Gasteiger partial charge in [0.1, 0.15) is 0 Å². The first-order chi connectivity index (χ1) is 9.34. The molecule has 1 saturated heterocycles. The van der Waals surface area contributed by atoms with E-state index in [4.69, 9.17) is 5.73 Å². The largest absolute Gasteiger partial charge is 0.327 e. The van der Waals surface area contributed by atoms with Crippen LogP contribution in [0.5, 0.6) is 0 Å². The van der Waals surface area contributed by atoms with E-state index in [1.807, 2.05) is 6.07 Å². The minimum absolute atomic E-state index is 0.281. The molecule has 0 spiro atoms. The Hall–Kier alpha value is -1.64. The predicted octanol–water partition coefficient (Wildman–Crippen LogP) is 2.76. The molecule has 2 nitrogen and oxygen atoms in total. The highest BCUT2D eigenvalue weighted by Crippen LogP contribution is 2.25. The van der Waals surface area contributed by atoms with Gasteiger partial charge in [0.05, 0.1) is 0 Å². The van der Waals surface area contributed by atoms with Crippen LogP contribution in [0.3, 0.4) is 0 Å². The highest BCUT2D eigenvalue weighted by molar-refractivity contribution is 5.63. The SMILES string of the molecule is N[C@@H]1CCNC[C@H]1c1ccc(-c2ccccc2)cc1. The van der Waals surface area contributed by atoms with E-state index in [-0.39, 0.29) is 6.04 Å². The summed E-state index contributed by atoms with van der Waals surface area (Å²) in [5.41, 5.74) is 10.1. The van der Waals surface area contributed by atoms with Gasteiger partial charge in [0.2, 0.25) is 0 Å². The van der Waals surface area contributed by atoms with Crippen molar-refractivity contribution in [2.24, 2.45) is 5.73 Å². The lowest BCUT2D eigenvalue weighted by atomic mass is 9.87. The maximum absolute atomic E-state index is 6.22. The van der Waals surface area contributed by atoms with Crippen LogP contribution in [0.2, 0.25) is 0 Å². The van der Waals surface area contributed by atoms with Crippen molar-refractivity contribution in [3.05, 3.63) is 60.2 Å². The molecule has 1 fully saturated rings. The van der Waals surface area contributed by atoms with Crippen LogP contribution >= 0.6 is 0 Å². The van der Waals surface area contributed by atoms with Crippen molar-refractivity contribution in [3.63, 3.8) is 0 Å². The fraction of sp³-hybridized carbons (Fsp3) is 0.294. The molecule has 1 heterocycles. The Kier molecular flexibility index (Phi) is 3.62. The molecule has 1 aliphatic heterocycles. The van der Waals surface area contributed by atoms with E-state index in [2.05, 4.69) is 53.8 Å². The van der Waals surface area contributed by atoms with Gasteiger partial charge in [0, 0.05) is 18.5 Å². The second kappa shape index (κ2) is 5.55. The first kappa shape index (κ1) is 12.4. The topological polar surface area (TPSA) is 38.0 Å². The quantitative estimate of drug-likeness (QED) is 0.862. The maximum atomic E-state index is 6.22. The molecule has 0 saturated carbocycles. The van der Waals surface area contributed by atoms with Crippen LogP contribution in [0, 0.1) is 0 Å². The summed E-state index contributed by atoms with van der Waals surface area (Å²) in [7, 11) is 0. The normalized spacial score (nSPS) is 23.2. The zero-order valence-electron chi connectivity index (χ0n) is 11.0. The van der Waals surface area contributed by atoms with Crippen LogP contribution in [-0.2, 0) is 0 Å². The van der Waals surface area contributed by atoms with E-state index < -0.39 is 0 Å². The first-order valence-corrected chi connectivity index (χ1v) is 6.96. The molecule has 2 aromatic rings. The Morgan fingerprint density at radius 3 is 2.26 bits per heavy atom. The number of piperidine rings is 1. The summed E-state index contributed by atoms with van der Waals surface area (Å²) in [5, 5.41) is 3.43. The van der Waals surface area contributed by atoms with Crippen molar-refractivity contribution in [2.75, 3.05) is 13.1 Å². The monoisotopic (exact) mass is 252 g/mol. The molecule has 0 amide bonds. The molecule has 0 aromatic heterocycles. The summed E-state index contributed by atoms with van der Waals surface area (Å²) in [4.78, 5) is 0. The van der Waals surface area contributed by atoms with Crippen LogP contribution < -0.4 is 11.1 Å². The zero-order valence-corrected chi connectivity index (χ0v) is 11.0. The predicted molar refractivity (Wildman–Crippen MR) is 80.1 cm³/mol. The number of benzene rings is 2. The Labute approximate surface area is 114 Å². The summed E-state index contributed by atoms with van der Waals surface area (Å²) in [5.74, 6) is 0.443. The van der Waals surface area contributed by atoms with Crippen molar-refractivity contribution < 1.29 is 0 Å². The molecular weight excluding hydrogens is 232 g/mol. The lowest BCUT2D eigenvalue weighted by molar-refractivity contribution is 0.403. The van der Waals surface area contributed by atoms with Crippen LogP contribution in [-0.4, -0.2) is 19.1 Å². The first-order valence-electron chi connectivity index (χ1n) is 6.96. The molecule has 1 aliphatic rings. The minimum atomic E-state index is 0.281. The van der Waals surface area contributed by atoms with E-state index in [9.17, 15) is 0 Å². The molecule has 3 rings (SSSR count). The summed E-state index contributed by atoms with van der Waals surface area (Å²) < 4.78 is 0. The molecule has 0 bridgehead atoms. The van der Waals surface area contributed by atoms with Crippen molar-refractivity contribution in [2.45, 2.75) is 18.4 Å². The molecule has 2 heteroatoms. The van der Waals surface area contributed by atoms with Crippen LogP contribution in [0.1, 0.15) is 17.9 Å². The van der Waals surface area contributed by atoms with E-state index >= 15 is 0 Å². The van der Waals surface area contributed by atoms with Gasteiger partial charge in [-0.25, -0.2) is 0 Å². The van der Waals surface area contributed by atoms with Gasteiger partial charge in [0.15, 0.2) is 0 Å². The third-order valence-corrected chi connectivity index (χ3v) is 3.98. The molecule has 98 valence electrons. The fourth-order valence-corrected chi connectivity index (χ4v) is 2.80. The minimum Gasteiger partial charge on any atom is -0.327 e. The molecule has 0 unspecified atom stereocenters. The maximum Gasteiger partial charge on any atom is 0.0132 e. The summed E-state index contributed by atoms with van der Waals surface area (Å²) in [6.45, 7) is 2.03. The smallest absolute Gasteiger partial charge is 0.0132 e. The van der Waals surface area contributed by atoms with Crippen molar-refractivity contribution in [3.8, 4) is 11.1 Å². The van der Waals surface area contributed by atoms with Gasteiger partial charge in [-0.1, -0.05) is 54.6 Å². The molecule has 19 heavy (non-hydrogen) atoms. The van der Waals surface area contributed by atoms with Crippen LogP contribution in [0.15, 0.2) is 54.6 Å². The number of nitrogens with two attached hydrogens (primary N) is 1. The summed E-state index contributed by atoms with van der Waals surface area (Å²) in [6.07, 6.45) is 1.06. The average molecular weight is 252 g/mol. The third kappa shape index (κ3) is 2.70. The van der Waals surface area contributed by atoms with Crippen molar-refractivity contribution in [1.82, 2.24) is 5.32 Å². The second-order valence-electron chi connectivity index (χ2n) is 5.25. The third-order valence-electron chi connectivity index (χ3n) is 3.98. The average Bonchev–Trinajstić information content (AvgIpc) is 2.49. The zero-order chi connectivity index (χ0) is 13.1. The van der Waals surface area contributed by atoms with Gasteiger partial charge in [-0.2, -0.15) is 0 Å². The van der Waals surface area contributed by atoms with Gasteiger partial charge in [0.25, 0.3) is 0 Å². The lowest BCUT2D eigenvalue weighted by Gasteiger charge is -2.29. The van der Waals surface area contributed by atoms with Gasteiger partial charge in [-0.3, -0.25) is 0 Å². The highest BCUT2D eigenvalue weighted by atomic mass is 14.9. The van der Waals surface area contributed by atoms with E-state index in [1.165, 1.54) is 16.7 Å². The number of rotatable bonds is 2. The lowest BCUT2D eigenvalue weighted by Crippen LogP contribution is -2.43. The fourth-order valence-electron chi connectivity index (χ4n) is 2.80. The Morgan fingerprint density at radius 1 is 0.895 bits per heavy atom. The Bertz CT molecular complexity index is 519. The number of nitrogens with one attached hydrogen (secondary N) is 1. The van der Waals surface area contributed by atoms with Crippen molar-refractivity contribution >= 4 is 0 Å². The van der Waals surface area contributed by atoms with Gasteiger partial charge in [-0.05, 0) is 29.7 Å². The standard InChI is InChI=1S/C17H20N2/c18-17-10-11-19-12-16(17)15-8-6-14(7-9-15)13-4-2-1-3-5-13/h1-9,16-17,19H,10-12,18H2/t16-,17+/m0/s1. The van der Waals surface area contributed by atoms with Gasteiger partial charge < -0.3 is 11.1 Å². The molecule has 2 aromatic carbocycles. The summed E-state index contributed by atoms with van der Waals surface area (Å²) >= 11 is 0. The highest BCUT2D eigenvalue weighted by Gasteiger charge is 2.22. The van der Waals surface area contributed by atoms with Crippen molar-refractivity contribution in [1.29, 1.82) is 0 Å². The molecular formula is C17H20N2. The molecule has 3 N–H and O–H groups in total. The molecule has 0 aliphatic carbocycles. The number of hydrogen-bond donors (Lipinski definition) is 2. The van der Waals surface area contributed by atoms with Crippen LogP contribution in [0.25, 0.3) is 11.1 Å². The van der Waals surface area contributed by atoms with E-state index in [0.717, 1.165) is 19.5 Å². The number of hydrogen-bond acceptors (Lipinski definition) is 2. The van der Waals surface area contributed by atoms with Gasteiger partial charge in [-0.15, -0.1) is 0 Å². The second-order valence-corrected chi connectivity index (χ2v) is 5.25. The Morgan fingerprint density at radius 2 is 1.58 bits per heavy atom. The summed E-state index contributed by atoms with van der Waals surface area (Å²) in [6, 6.07) is 19.6.